The zero-order chi connectivity index (χ0) is 14.4. The van der Waals surface area contributed by atoms with E-state index < -0.39 is 0 Å². The average molecular weight is 294 g/mol. The first kappa shape index (κ1) is 15.2. The number of thioether (sulfide) groups is 1. The molecule has 0 aromatic heterocycles. The van der Waals surface area contributed by atoms with Crippen LogP contribution in [0.25, 0.3) is 0 Å². The van der Waals surface area contributed by atoms with E-state index in [1.165, 1.54) is 12.7 Å². The standard InChI is InChI=1S/C16H22O3S/c1-3-19-14-6-4-13(5-7-14)11-20-12-16(8-9-16)10-15(17)18-2/h4-7H,3,8-12H2,1-2H3. The summed E-state index contributed by atoms with van der Waals surface area (Å²) in [6.45, 7) is 2.68. The van der Waals surface area contributed by atoms with Gasteiger partial charge in [0.25, 0.3) is 0 Å². The van der Waals surface area contributed by atoms with Gasteiger partial charge in [0.2, 0.25) is 0 Å². The minimum absolute atomic E-state index is 0.0795. The lowest BCUT2D eigenvalue weighted by molar-refractivity contribution is -0.141. The van der Waals surface area contributed by atoms with Crippen molar-refractivity contribution in [1.82, 2.24) is 0 Å². The molecule has 0 aliphatic heterocycles. The van der Waals surface area contributed by atoms with Crippen LogP contribution in [0.2, 0.25) is 0 Å². The third kappa shape index (κ3) is 4.44. The number of ether oxygens (including phenoxy) is 2. The van der Waals surface area contributed by atoms with E-state index in [4.69, 9.17) is 9.47 Å². The number of methoxy groups -OCH3 is 1. The van der Waals surface area contributed by atoms with E-state index in [9.17, 15) is 4.79 Å². The lowest BCUT2D eigenvalue weighted by Gasteiger charge is -2.13. The van der Waals surface area contributed by atoms with Gasteiger partial charge in [-0.3, -0.25) is 4.79 Å². The quantitative estimate of drug-likeness (QED) is 0.685. The molecule has 0 radical (unpaired) electrons. The summed E-state index contributed by atoms with van der Waals surface area (Å²) in [4.78, 5) is 11.4. The van der Waals surface area contributed by atoms with E-state index in [1.807, 2.05) is 30.8 Å². The highest BCUT2D eigenvalue weighted by Crippen LogP contribution is 2.51. The van der Waals surface area contributed by atoms with Crippen LogP contribution in [-0.2, 0) is 15.3 Å². The van der Waals surface area contributed by atoms with Crippen LogP contribution in [0.3, 0.4) is 0 Å². The fraction of sp³-hybridized carbons (Fsp3) is 0.562. The van der Waals surface area contributed by atoms with Crippen molar-refractivity contribution in [2.45, 2.75) is 31.9 Å². The molecule has 1 aromatic carbocycles. The molecule has 2 rings (SSSR count). The van der Waals surface area contributed by atoms with E-state index in [-0.39, 0.29) is 11.4 Å². The Morgan fingerprint density at radius 2 is 2.00 bits per heavy atom. The number of carbonyl (C=O) groups is 1. The van der Waals surface area contributed by atoms with Crippen molar-refractivity contribution in [3.63, 3.8) is 0 Å². The van der Waals surface area contributed by atoms with Gasteiger partial charge in [-0.25, -0.2) is 0 Å². The third-order valence-corrected chi connectivity index (χ3v) is 4.97. The first-order valence-electron chi connectivity index (χ1n) is 7.04. The van der Waals surface area contributed by atoms with Crippen molar-refractivity contribution in [3.8, 4) is 5.75 Å². The number of hydrogen-bond donors (Lipinski definition) is 0. The van der Waals surface area contributed by atoms with Crippen molar-refractivity contribution in [3.05, 3.63) is 29.8 Å². The minimum Gasteiger partial charge on any atom is -0.494 e. The summed E-state index contributed by atoms with van der Waals surface area (Å²) in [5.74, 6) is 2.86. The Kier molecular flexibility index (Phi) is 5.35. The van der Waals surface area contributed by atoms with Gasteiger partial charge in [0.05, 0.1) is 20.1 Å². The lowest BCUT2D eigenvalue weighted by Crippen LogP contribution is -2.13. The SMILES string of the molecule is CCOc1ccc(CSCC2(CC(=O)OC)CC2)cc1. The molecule has 1 fully saturated rings. The van der Waals surface area contributed by atoms with E-state index in [0.717, 1.165) is 30.1 Å². The Hall–Kier alpha value is -1.16. The molecule has 110 valence electrons. The Morgan fingerprint density at radius 1 is 1.30 bits per heavy atom. The average Bonchev–Trinajstić information content (AvgIpc) is 3.21. The van der Waals surface area contributed by atoms with Gasteiger partial charge in [0.15, 0.2) is 0 Å². The van der Waals surface area contributed by atoms with Crippen LogP contribution in [0.4, 0.5) is 0 Å². The molecular weight excluding hydrogens is 272 g/mol. The van der Waals surface area contributed by atoms with Crippen LogP contribution in [-0.4, -0.2) is 25.4 Å². The van der Waals surface area contributed by atoms with Crippen LogP contribution in [0.1, 0.15) is 31.7 Å². The highest BCUT2D eigenvalue weighted by molar-refractivity contribution is 7.98. The summed E-state index contributed by atoms with van der Waals surface area (Å²) in [5.41, 5.74) is 1.51. The predicted molar refractivity (Wildman–Crippen MR) is 82.1 cm³/mol. The second-order valence-corrected chi connectivity index (χ2v) is 6.31. The van der Waals surface area contributed by atoms with Gasteiger partial charge in [-0.15, -0.1) is 0 Å². The van der Waals surface area contributed by atoms with Crippen LogP contribution < -0.4 is 4.74 Å². The van der Waals surface area contributed by atoms with Crippen molar-refractivity contribution in [2.24, 2.45) is 5.41 Å². The van der Waals surface area contributed by atoms with Crippen molar-refractivity contribution < 1.29 is 14.3 Å². The fourth-order valence-electron chi connectivity index (χ4n) is 2.16. The highest BCUT2D eigenvalue weighted by atomic mass is 32.2. The first-order valence-corrected chi connectivity index (χ1v) is 8.19. The number of benzene rings is 1. The highest BCUT2D eigenvalue weighted by Gasteiger charge is 2.44. The minimum atomic E-state index is -0.0795. The summed E-state index contributed by atoms with van der Waals surface area (Å²) in [6, 6.07) is 8.25. The summed E-state index contributed by atoms with van der Waals surface area (Å²) >= 11 is 1.90. The number of esters is 1. The van der Waals surface area contributed by atoms with Crippen molar-refractivity contribution >= 4 is 17.7 Å². The van der Waals surface area contributed by atoms with Gasteiger partial charge >= 0.3 is 5.97 Å². The molecule has 0 atom stereocenters. The Labute approximate surface area is 125 Å². The van der Waals surface area contributed by atoms with E-state index in [0.29, 0.717) is 13.0 Å². The van der Waals surface area contributed by atoms with Crippen LogP contribution >= 0.6 is 11.8 Å². The van der Waals surface area contributed by atoms with Crippen LogP contribution in [0, 0.1) is 5.41 Å². The van der Waals surface area contributed by atoms with E-state index in [2.05, 4.69) is 12.1 Å². The summed E-state index contributed by atoms with van der Waals surface area (Å²) < 4.78 is 10.2. The molecule has 3 nitrogen and oxygen atoms in total. The second-order valence-electron chi connectivity index (χ2n) is 5.32. The topological polar surface area (TPSA) is 35.5 Å². The molecule has 0 N–H and O–H groups in total. The second kappa shape index (κ2) is 7.02. The molecule has 1 aliphatic rings. The van der Waals surface area contributed by atoms with Gasteiger partial charge in [0, 0.05) is 5.75 Å². The van der Waals surface area contributed by atoms with Gasteiger partial charge in [-0.05, 0) is 48.6 Å². The van der Waals surface area contributed by atoms with Crippen molar-refractivity contribution in [2.75, 3.05) is 19.5 Å². The maximum Gasteiger partial charge on any atom is 0.306 e. The maximum absolute atomic E-state index is 11.4. The third-order valence-electron chi connectivity index (χ3n) is 3.62. The number of hydrogen-bond acceptors (Lipinski definition) is 4. The molecule has 0 saturated heterocycles. The fourth-order valence-corrected chi connectivity index (χ4v) is 3.52. The summed E-state index contributed by atoms with van der Waals surface area (Å²) in [7, 11) is 1.46. The molecule has 1 saturated carbocycles. The Balaban J connectivity index is 1.74. The molecule has 0 spiro atoms. The normalized spacial score (nSPS) is 15.7. The van der Waals surface area contributed by atoms with E-state index in [1.54, 1.807) is 0 Å². The number of rotatable bonds is 8. The molecule has 20 heavy (non-hydrogen) atoms. The summed E-state index contributed by atoms with van der Waals surface area (Å²) in [6.07, 6.45) is 2.87. The maximum atomic E-state index is 11.4. The predicted octanol–water partition coefficient (Wildman–Crippen LogP) is 3.66. The van der Waals surface area contributed by atoms with Crippen LogP contribution in [0.15, 0.2) is 24.3 Å². The number of carbonyl (C=O) groups excluding carboxylic acids is 1. The van der Waals surface area contributed by atoms with E-state index >= 15 is 0 Å². The molecule has 0 unspecified atom stereocenters. The molecule has 0 bridgehead atoms. The van der Waals surface area contributed by atoms with Gasteiger partial charge in [-0.1, -0.05) is 12.1 Å². The smallest absolute Gasteiger partial charge is 0.306 e. The molecule has 4 heteroatoms. The van der Waals surface area contributed by atoms with Gasteiger partial charge in [0.1, 0.15) is 5.75 Å². The Bertz CT molecular complexity index is 438. The molecule has 0 heterocycles. The lowest BCUT2D eigenvalue weighted by atomic mass is 10.1. The molecular formula is C16H22O3S. The Morgan fingerprint density at radius 3 is 2.55 bits per heavy atom. The zero-order valence-electron chi connectivity index (χ0n) is 12.2. The first-order chi connectivity index (χ1) is 9.67. The monoisotopic (exact) mass is 294 g/mol. The van der Waals surface area contributed by atoms with Gasteiger partial charge in [-0.2, -0.15) is 11.8 Å². The van der Waals surface area contributed by atoms with Gasteiger partial charge < -0.3 is 9.47 Å². The molecule has 1 aromatic rings. The molecule has 0 amide bonds. The van der Waals surface area contributed by atoms with Crippen molar-refractivity contribution in [1.29, 1.82) is 0 Å². The molecule has 1 aliphatic carbocycles. The largest absolute Gasteiger partial charge is 0.494 e. The van der Waals surface area contributed by atoms with Crippen LogP contribution in [0.5, 0.6) is 5.75 Å². The zero-order valence-corrected chi connectivity index (χ0v) is 13.0. The summed E-state index contributed by atoms with van der Waals surface area (Å²) in [5, 5.41) is 0.